The first kappa shape index (κ1) is 22.9. The van der Waals surface area contributed by atoms with Gasteiger partial charge in [0, 0.05) is 36.5 Å². The van der Waals surface area contributed by atoms with Gasteiger partial charge in [0.25, 0.3) is 0 Å². The largest absolute Gasteiger partial charge is 0.416 e. The highest BCUT2D eigenvalue weighted by Crippen LogP contribution is 2.42. The molecule has 0 N–H and O–H groups in total. The minimum absolute atomic E-state index is 0.0134. The van der Waals surface area contributed by atoms with Crippen molar-refractivity contribution in [2.24, 2.45) is 5.41 Å². The fraction of sp³-hybridized carbons (Fsp3) is 0.259. The van der Waals surface area contributed by atoms with Crippen LogP contribution >= 0.6 is 0 Å². The lowest BCUT2D eigenvalue weighted by molar-refractivity contribution is -0.137. The third-order valence-electron chi connectivity index (χ3n) is 5.92. The second-order valence-corrected chi connectivity index (χ2v) is 9.01. The zero-order valence-electron chi connectivity index (χ0n) is 18.5. The smallest absolute Gasteiger partial charge is 0.294 e. The Labute approximate surface area is 191 Å². The first-order chi connectivity index (χ1) is 15.6. The molecule has 0 saturated carbocycles. The quantitative estimate of drug-likeness (QED) is 0.435. The van der Waals surface area contributed by atoms with Gasteiger partial charge in [-0.05, 0) is 41.0 Å². The van der Waals surface area contributed by atoms with Crippen LogP contribution < -0.4 is 0 Å². The number of carbonyl (C=O) groups excluding carboxylic acids is 1. The van der Waals surface area contributed by atoms with Gasteiger partial charge in [0.2, 0.25) is 0 Å². The summed E-state index contributed by atoms with van der Waals surface area (Å²) in [5.41, 5.74) is 1.73. The summed E-state index contributed by atoms with van der Waals surface area (Å²) < 4.78 is 39.0. The normalized spacial score (nSPS) is 20.2. The Morgan fingerprint density at radius 2 is 1.73 bits per heavy atom. The molecule has 1 atom stereocenters. The van der Waals surface area contributed by atoms with Crippen molar-refractivity contribution in [1.29, 1.82) is 0 Å². The van der Waals surface area contributed by atoms with Gasteiger partial charge in [0.15, 0.2) is 5.78 Å². The van der Waals surface area contributed by atoms with E-state index in [9.17, 15) is 18.0 Å². The van der Waals surface area contributed by atoms with E-state index in [2.05, 4.69) is 9.88 Å². The summed E-state index contributed by atoms with van der Waals surface area (Å²) in [5, 5.41) is 0. The van der Waals surface area contributed by atoms with E-state index in [4.69, 9.17) is 0 Å². The maximum absolute atomic E-state index is 13.6. The van der Waals surface area contributed by atoms with Crippen LogP contribution in [0.4, 0.5) is 13.2 Å². The van der Waals surface area contributed by atoms with Gasteiger partial charge in [-0.3, -0.25) is 14.7 Å². The first-order valence-corrected chi connectivity index (χ1v) is 10.8. The molecule has 6 heteroatoms. The molecule has 3 aromatic rings. The number of benzene rings is 2. The number of halogens is 3. The standard InChI is InChI=1S/C27H25F3N2O/c1-26(2)18-32(17-20-7-4-3-5-8-20)24(21-9-6-14-31-16-21)23(25(26)33)15-19-10-12-22(13-11-19)27(28,29)30/h3-16,24H,17-18H2,1-2H3. The molecular formula is C27H25F3N2O. The number of pyridine rings is 1. The molecule has 0 aliphatic carbocycles. The number of ketones is 1. The Morgan fingerprint density at radius 1 is 1.03 bits per heavy atom. The van der Waals surface area contributed by atoms with Crippen LogP contribution in [-0.4, -0.2) is 22.2 Å². The van der Waals surface area contributed by atoms with Crippen molar-refractivity contribution in [3.8, 4) is 0 Å². The molecule has 1 fully saturated rings. The second kappa shape index (κ2) is 8.94. The number of aromatic nitrogens is 1. The maximum Gasteiger partial charge on any atom is 0.416 e. The highest BCUT2D eigenvalue weighted by atomic mass is 19.4. The van der Waals surface area contributed by atoms with Gasteiger partial charge in [-0.25, -0.2) is 0 Å². The number of hydrogen-bond acceptors (Lipinski definition) is 3. The number of nitrogens with zero attached hydrogens (tertiary/aromatic N) is 2. The average Bonchev–Trinajstić information content (AvgIpc) is 2.78. The summed E-state index contributed by atoms with van der Waals surface area (Å²) in [5.74, 6) is -0.0134. The fourth-order valence-corrected chi connectivity index (χ4v) is 4.37. The fourth-order valence-electron chi connectivity index (χ4n) is 4.37. The van der Waals surface area contributed by atoms with Crippen molar-refractivity contribution in [2.45, 2.75) is 32.6 Å². The minimum atomic E-state index is -4.40. The molecule has 2 aromatic carbocycles. The van der Waals surface area contributed by atoms with Crippen LogP contribution in [0, 0.1) is 5.41 Å². The summed E-state index contributed by atoms with van der Waals surface area (Å²) in [6.45, 7) is 4.99. The Morgan fingerprint density at radius 3 is 2.33 bits per heavy atom. The van der Waals surface area contributed by atoms with Gasteiger partial charge in [0.1, 0.15) is 0 Å². The molecule has 1 aromatic heterocycles. The lowest BCUT2D eigenvalue weighted by Crippen LogP contribution is -2.49. The van der Waals surface area contributed by atoms with Crippen LogP contribution in [0.1, 0.15) is 42.1 Å². The molecule has 3 nitrogen and oxygen atoms in total. The number of carbonyl (C=O) groups is 1. The number of piperidine rings is 1. The predicted octanol–water partition coefficient (Wildman–Crippen LogP) is 6.34. The van der Waals surface area contributed by atoms with Gasteiger partial charge < -0.3 is 0 Å². The van der Waals surface area contributed by atoms with Crippen molar-refractivity contribution in [3.63, 3.8) is 0 Å². The summed E-state index contributed by atoms with van der Waals surface area (Å²) in [6, 6.07) is 18.3. The third-order valence-corrected chi connectivity index (χ3v) is 5.92. The SMILES string of the molecule is CC1(C)CN(Cc2ccccc2)C(c2cccnc2)C(=Cc2ccc(C(F)(F)F)cc2)C1=O. The van der Waals surface area contributed by atoms with Crippen molar-refractivity contribution in [3.05, 3.63) is 107 Å². The molecule has 4 rings (SSSR count). The lowest BCUT2D eigenvalue weighted by Gasteiger charge is -2.44. The number of rotatable bonds is 4. The Hall–Kier alpha value is -3.25. The molecule has 1 unspecified atom stereocenters. The van der Waals surface area contributed by atoms with E-state index in [1.165, 1.54) is 12.1 Å². The van der Waals surface area contributed by atoms with Crippen LogP contribution in [0.15, 0.2) is 84.7 Å². The molecule has 170 valence electrons. The van der Waals surface area contributed by atoms with Crippen LogP contribution in [0.5, 0.6) is 0 Å². The molecular weight excluding hydrogens is 425 g/mol. The lowest BCUT2D eigenvalue weighted by atomic mass is 9.74. The predicted molar refractivity (Wildman–Crippen MR) is 122 cm³/mol. The molecule has 0 spiro atoms. The molecule has 0 radical (unpaired) electrons. The number of likely N-dealkylation sites (tertiary alicyclic amines) is 1. The van der Waals surface area contributed by atoms with Crippen molar-refractivity contribution >= 4 is 11.9 Å². The molecule has 33 heavy (non-hydrogen) atoms. The van der Waals surface area contributed by atoms with Gasteiger partial charge in [-0.2, -0.15) is 13.2 Å². The third kappa shape index (κ3) is 5.06. The number of hydrogen-bond donors (Lipinski definition) is 0. The minimum Gasteiger partial charge on any atom is -0.294 e. The van der Waals surface area contributed by atoms with Crippen LogP contribution in [0.3, 0.4) is 0 Å². The summed E-state index contributed by atoms with van der Waals surface area (Å²) >= 11 is 0. The van der Waals surface area contributed by atoms with Crippen LogP contribution in [0.2, 0.25) is 0 Å². The molecule has 1 aliphatic heterocycles. The molecule has 0 bridgehead atoms. The zero-order valence-corrected chi connectivity index (χ0v) is 18.5. The van der Waals surface area contributed by atoms with Gasteiger partial charge in [-0.1, -0.05) is 62.4 Å². The summed E-state index contributed by atoms with van der Waals surface area (Å²) in [6.07, 6.45) is 0.742. The highest BCUT2D eigenvalue weighted by Gasteiger charge is 2.44. The molecule has 1 saturated heterocycles. The summed E-state index contributed by atoms with van der Waals surface area (Å²) in [4.78, 5) is 20.1. The van der Waals surface area contributed by atoms with E-state index < -0.39 is 17.2 Å². The number of Topliss-reactive ketones (excluding diaryl/α,β-unsaturated/α-hetero) is 1. The summed E-state index contributed by atoms with van der Waals surface area (Å²) in [7, 11) is 0. The van der Waals surface area contributed by atoms with Crippen molar-refractivity contribution < 1.29 is 18.0 Å². The molecule has 2 heterocycles. The van der Waals surface area contributed by atoms with Gasteiger partial charge >= 0.3 is 6.18 Å². The highest BCUT2D eigenvalue weighted by molar-refractivity contribution is 6.05. The van der Waals surface area contributed by atoms with Crippen molar-refractivity contribution in [2.75, 3.05) is 6.54 Å². The van der Waals surface area contributed by atoms with E-state index in [0.717, 1.165) is 23.3 Å². The first-order valence-electron chi connectivity index (χ1n) is 10.8. The Balaban J connectivity index is 1.80. The van der Waals surface area contributed by atoms with E-state index in [-0.39, 0.29) is 11.8 Å². The monoisotopic (exact) mass is 450 g/mol. The maximum atomic E-state index is 13.6. The Kier molecular flexibility index (Phi) is 6.21. The van der Waals surface area contributed by atoms with Gasteiger partial charge in [0.05, 0.1) is 11.6 Å². The van der Waals surface area contributed by atoms with Gasteiger partial charge in [-0.15, -0.1) is 0 Å². The van der Waals surface area contributed by atoms with E-state index in [0.29, 0.717) is 24.2 Å². The van der Waals surface area contributed by atoms with Crippen molar-refractivity contribution in [1.82, 2.24) is 9.88 Å². The Bertz CT molecular complexity index is 1140. The van der Waals surface area contributed by atoms with Crippen LogP contribution in [-0.2, 0) is 17.5 Å². The molecule has 0 amide bonds. The topological polar surface area (TPSA) is 33.2 Å². The number of alkyl halides is 3. The molecule has 1 aliphatic rings. The van der Waals surface area contributed by atoms with E-state index in [1.54, 1.807) is 18.5 Å². The average molecular weight is 451 g/mol. The zero-order chi connectivity index (χ0) is 23.6. The van der Waals surface area contributed by atoms with E-state index in [1.807, 2.05) is 56.3 Å². The van der Waals surface area contributed by atoms with E-state index >= 15 is 0 Å². The second-order valence-electron chi connectivity index (χ2n) is 9.01. The van der Waals surface area contributed by atoms with Crippen LogP contribution in [0.25, 0.3) is 6.08 Å².